The lowest BCUT2D eigenvalue weighted by atomic mass is 10.2. The minimum atomic E-state index is 0.0396. The van der Waals surface area contributed by atoms with Crippen LogP contribution < -0.4 is 10.7 Å². The van der Waals surface area contributed by atoms with Gasteiger partial charge >= 0.3 is 0 Å². The number of nitrogens with zero attached hydrogens (tertiary/aromatic N) is 1. The van der Waals surface area contributed by atoms with Gasteiger partial charge in [0.1, 0.15) is 11.5 Å². The van der Waals surface area contributed by atoms with Crippen LogP contribution in [0, 0.1) is 0 Å². The number of hydrogen-bond acceptors (Lipinski definition) is 4. The number of benzene rings is 1. The fourth-order valence-electron chi connectivity index (χ4n) is 1.01. The van der Waals surface area contributed by atoms with E-state index >= 15 is 0 Å². The van der Waals surface area contributed by atoms with E-state index in [0.717, 1.165) is 0 Å². The molecule has 0 fully saturated rings. The number of hydrazone groups is 1. The first kappa shape index (κ1) is 12.3. The summed E-state index contributed by atoms with van der Waals surface area (Å²) in [5.74, 6) is 0.103. The first-order valence-electron chi connectivity index (χ1n) is 4.72. The molecule has 6 heteroatoms. The number of phenolic OH excluding ortho intramolecular Hbond substituents is 2. The van der Waals surface area contributed by atoms with E-state index in [2.05, 4.69) is 15.8 Å². The summed E-state index contributed by atoms with van der Waals surface area (Å²) in [4.78, 5) is 0. The molecule has 1 aromatic carbocycles. The molecule has 1 rings (SSSR count). The second kappa shape index (κ2) is 5.92. The Kier molecular flexibility index (Phi) is 4.53. The summed E-state index contributed by atoms with van der Waals surface area (Å²) >= 11 is 4.88. The molecule has 0 bridgehead atoms. The van der Waals surface area contributed by atoms with E-state index in [1.165, 1.54) is 24.4 Å². The van der Waals surface area contributed by atoms with E-state index < -0.39 is 0 Å². The van der Waals surface area contributed by atoms with Gasteiger partial charge < -0.3 is 15.5 Å². The van der Waals surface area contributed by atoms with E-state index in [9.17, 15) is 10.2 Å². The molecule has 0 atom stereocenters. The summed E-state index contributed by atoms with van der Waals surface area (Å²) < 4.78 is 0. The Morgan fingerprint density at radius 2 is 2.25 bits per heavy atom. The van der Waals surface area contributed by atoms with E-state index in [0.29, 0.717) is 17.2 Å². The number of hydrogen-bond donors (Lipinski definition) is 4. The monoisotopic (exact) mass is 239 g/mol. The molecule has 0 aliphatic heterocycles. The molecule has 0 heterocycles. The summed E-state index contributed by atoms with van der Waals surface area (Å²) in [6, 6.07) is 4.18. The Morgan fingerprint density at radius 3 is 2.94 bits per heavy atom. The lowest BCUT2D eigenvalue weighted by Crippen LogP contribution is -2.31. The maximum atomic E-state index is 9.42. The summed E-state index contributed by atoms with van der Waals surface area (Å²) in [7, 11) is 0. The minimum absolute atomic E-state index is 0.0396. The average molecular weight is 239 g/mol. The van der Waals surface area contributed by atoms with Crippen LogP contribution in [0.25, 0.3) is 0 Å². The number of rotatable bonds is 3. The van der Waals surface area contributed by atoms with Crippen LogP contribution in [0.15, 0.2) is 23.3 Å². The van der Waals surface area contributed by atoms with Crippen molar-refractivity contribution in [2.45, 2.75) is 6.92 Å². The number of aromatic hydroxyl groups is 2. The van der Waals surface area contributed by atoms with Gasteiger partial charge in [0, 0.05) is 12.1 Å². The highest BCUT2D eigenvalue weighted by atomic mass is 32.1. The van der Waals surface area contributed by atoms with Gasteiger partial charge in [-0.25, -0.2) is 0 Å². The number of phenols is 2. The quantitative estimate of drug-likeness (QED) is 0.273. The van der Waals surface area contributed by atoms with Crippen molar-refractivity contribution in [3.8, 4) is 11.5 Å². The van der Waals surface area contributed by atoms with Crippen LogP contribution in [0.5, 0.6) is 11.5 Å². The van der Waals surface area contributed by atoms with Gasteiger partial charge in [-0.3, -0.25) is 5.43 Å². The second-order valence-electron chi connectivity index (χ2n) is 2.97. The van der Waals surface area contributed by atoms with Crippen molar-refractivity contribution in [2.75, 3.05) is 6.54 Å². The molecule has 0 amide bonds. The van der Waals surface area contributed by atoms with Crippen molar-refractivity contribution in [1.29, 1.82) is 0 Å². The molecule has 86 valence electrons. The van der Waals surface area contributed by atoms with E-state index in [1.54, 1.807) is 0 Å². The van der Waals surface area contributed by atoms with Crippen LogP contribution in [0.2, 0.25) is 0 Å². The summed E-state index contributed by atoms with van der Waals surface area (Å²) in [5.41, 5.74) is 2.98. The third kappa shape index (κ3) is 3.74. The Hall–Kier alpha value is -1.82. The van der Waals surface area contributed by atoms with Crippen LogP contribution in [-0.4, -0.2) is 28.1 Å². The van der Waals surface area contributed by atoms with E-state index in [-0.39, 0.29) is 11.5 Å². The van der Waals surface area contributed by atoms with Gasteiger partial charge in [0.15, 0.2) is 5.11 Å². The maximum Gasteiger partial charge on any atom is 0.186 e. The summed E-state index contributed by atoms with van der Waals surface area (Å²) in [6.45, 7) is 2.62. The zero-order chi connectivity index (χ0) is 12.0. The van der Waals surface area contributed by atoms with Crippen LogP contribution >= 0.6 is 12.2 Å². The van der Waals surface area contributed by atoms with Gasteiger partial charge in [-0.05, 0) is 37.3 Å². The lowest BCUT2D eigenvalue weighted by Gasteiger charge is -2.03. The molecule has 5 nitrogen and oxygen atoms in total. The van der Waals surface area contributed by atoms with Crippen LogP contribution in [0.4, 0.5) is 0 Å². The molecule has 0 aliphatic rings. The third-order valence-electron chi connectivity index (χ3n) is 1.72. The molecule has 1 aromatic rings. The fourth-order valence-corrected chi connectivity index (χ4v) is 1.20. The van der Waals surface area contributed by atoms with Crippen molar-refractivity contribution in [3.05, 3.63) is 23.8 Å². The number of thiocarbonyl (C=S) groups is 1. The Bertz CT molecular complexity index is 407. The van der Waals surface area contributed by atoms with Crippen LogP contribution in [-0.2, 0) is 0 Å². The van der Waals surface area contributed by atoms with Gasteiger partial charge in [0.05, 0.1) is 6.21 Å². The standard InChI is InChI=1S/C10H13N3O2S/c1-2-11-10(16)13-12-6-7-5-8(14)3-4-9(7)15/h3-6,14-15H,2H2,1H3,(H2,11,13,16)/b12-6+. The molecule has 0 aromatic heterocycles. The van der Waals surface area contributed by atoms with E-state index in [1.807, 2.05) is 6.92 Å². The summed E-state index contributed by atoms with van der Waals surface area (Å²) in [5, 5.41) is 25.7. The molecule has 0 aliphatic carbocycles. The molecule has 0 spiro atoms. The topological polar surface area (TPSA) is 76.9 Å². The zero-order valence-electron chi connectivity index (χ0n) is 8.77. The van der Waals surface area contributed by atoms with Crippen molar-refractivity contribution < 1.29 is 10.2 Å². The predicted octanol–water partition coefficient (Wildman–Crippen LogP) is 0.916. The molecule has 16 heavy (non-hydrogen) atoms. The van der Waals surface area contributed by atoms with Gasteiger partial charge in [-0.2, -0.15) is 5.10 Å². The maximum absolute atomic E-state index is 9.42. The fraction of sp³-hybridized carbons (Fsp3) is 0.200. The van der Waals surface area contributed by atoms with Crippen LogP contribution in [0.3, 0.4) is 0 Å². The third-order valence-corrected chi connectivity index (χ3v) is 1.95. The molecule has 0 saturated heterocycles. The van der Waals surface area contributed by atoms with Crippen molar-refractivity contribution >= 4 is 23.5 Å². The smallest absolute Gasteiger partial charge is 0.186 e. The highest BCUT2D eigenvalue weighted by molar-refractivity contribution is 7.80. The normalized spacial score (nSPS) is 10.3. The average Bonchev–Trinajstić information content (AvgIpc) is 2.23. The van der Waals surface area contributed by atoms with Gasteiger partial charge in [0.25, 0.3) is 0 Å². The van der Waals surface area contributed by atoms with Gasteiger partial charge in [-0.15, -0.1) is 0 Å². The highest BCUT2D eigenvalue weighted by Crippen LogP contribution is 2.19. The Balaban J connectivity index is 2.62. The predicted molar refractivity (Wildman–Crippen MR) is 66.8 cm³/mol. The molecule has 0 unspecified atom stereocenters. The molecular weight excluding hydrogens is 226 g/mol. The zero-order valence-corrected chi connectivity index (χ0v) is 9.58. The first-order valence-corrected chi connectivity index (χ1v) is 5.13. The molecular formula is C10H13N3O2S. The Morgan fingerprint density at radius 1 is 1.50 bits per heavy atom. The molecule has 4 N–H and O–H groups in total. The molecule has 0 radical (unpaired) electrons. The Labute approximate surface area is 98.8 Å². The molecule has 0 saturated carbocycles. The van der Waals surface area contributed by atoms with Crippen molar-refractivity contribution in [3.63, 3.8) is 0 Å². The minimum Gasteiger partial charge on any atom is -0.508 e. The van der Waals surface area contributed by atoms with E-state index in [4.69, 9.17) is 12.2 Å². The largest absolute Gasteiger partial charge is 0.508 e. The SMILES string of the molecule is CCNC(=S)N/N=C/c1cc(O)ccc1O. The van der Waals surface area contributed by atoms with Crippen LogP contribution in [0.1, 0.15) is 12.5 Å². The lowest BCUT2D eigenvalue weighted by molar-refractivity contribution is 0.459. The van der Waals surface area contributed by atoms with Crippen molar-refractivity contribution in [1.82, 2.24) is 10.7 Å². The van der Waals surface area contributed by atoms with Crippen molar-refractivity contribution in [2.24, 2.45) is 5.10 Å². The first-order chi connectivity index (χ1) is 7.63. The second-order valence-corrected chi connectivity index (χ2v) is 3.38. The van der Waals surface area contributed by atoms with Gasteiger partial charge in [-0.1, -0.05) is 0 Å². The highest BCUT2D eigenvalue weighted by Gasteiger charge is 1.98. The number of nitrogens with one attached hydrogen (secondary N) is 2. The summed E-state index contributed by atoms with van der Waals surface area (Å²) in [6.07, 6.45) is 1.37. The van der Waals surface area contributed by atoms with Gasteiger partial charge in [0.2, 0.25) is 0 Å².